The Labute approximate surface area is 176 Å². The number of nitrogens with one attached hydrogen (secondary N) is 1. The fraction of sp³-hybridized carbons (Fsp3) is 0.125. The molecule has 0 unspecified atom stereocenters. The summed E-state index contributed by atoms with van der Waals surface area (Å²) in [6.45, 7) is 2.71. The summed E-state index contributed by atoms with van der Waals surface area (Å²) in [7, 11) is 0. The highest BCUT2D eigenvalue weighted by atomic mass is 15.3. The maximum Gasteiger partial charge on any atom is 0.163 e. The molecular formula is C24H24N6. The molecule has 0 spiro atoms. The minimum Gasteiger partial charge on any atom is -0.393 e. The number of rotatable bonds is 7. The third kappa shape index (κ3) is 4.22. The van der Waals surface area contributed by atoms with Crippen molar-refractivity contribution in [3.63, 3.8) is 0 Å². The van der Waals surface area contributed by atoms with E-state index in [0.717, 1.165) is 23.5 Å². The summed E-state index contributed by atoms with van der Waals surface area (Å²) in [5.41, 5.74) is 10.4. The van der Waals surface area contributed by atoms with E-state index in [1.807, 2.05) is 59.5 Å². The molecule has 0 aliphatic rings. The lowest BCUT2D eigenvalue weighted by atomic mass is 10.1. The number of hydrogen-bond acceptors (Lipinski definition) is 6. The molecule has 2 aromatic carbocycles. The van der Waals surface area contributed by atoms with Crippen LogP contribution in [-0.2, 0) is 13.0 Å². The molecule has 4 rings (SSSR count). The number of para-hydroxylation sites is 1. The van der Waals surface area contributed by atoms with E-state index < -0.39 is 0 Å². The molecule has 2 aromatic heterocycles. The molecule has 30 heavy (non-hydrogen) atoms. The van der Waals surface area contributed by atoms with E-state index in [1.165, 1.54) is 11.9 Å². The molecule has 6 nitrogen and oxygen atoms in total. The van der Waals surface area contributed by atoms with Crippen molar-refractivity contribution >= 4 is 28.8 Å². The molecule has 2 heterocycles. The lowest BCUT2D eigenvalue weighted by Gasteiger charge is -2.25. The largest absolute Gasteiger partial charge is 0.393 e. The van der Waals surface area contributed by atoms with Gasteiger partial charge in [0.2, 0.25) is 0 Å². The third-order valence-electron chi connectivity index (χ3n) is 4.88. The predicted molar refractivity (Wildman–Crippen MR) is 122 cm³/mol. The van der Waals surface area contributed by atoms with Gasteiger partial charge in [0.1, 0.15) is 17.8 Å². The van der Waals surface area contributed by atoms with Crippen molar-refractivity contribution in [3.05, 3.63) is 96.4 Å². The summed E-state index contributed by atoms with van der Waals surface area (Å²) in [6, 6.07) is 24.1. The van der Waals surface area contributed by atoms with Crippen LogP contribution in [0.5, 0.6) is 0 Å². The minimum absolute atomic E-state index is 0.477. The van der Waals surface area contributed by atoms with Gasteiger partial charge in [-0.25, -0.2) is 15.0 Å². The summed E-state index contributed by atoms with van der Waals surface area (Å²) in [6.07, 6.45) is 4.21. The van der Waals surface area contributed by atoms with Gasteiger partial charge in [-0.1, -0.05) is 61.5 Å². The van der Waals surface area contributed by atoms with Crippen molar-refractivity contribution in [2.45, 2.75) is 19.9 Å². The third-order valence-corrected chi connectivity index (χ3v) is 4.88. The van der Waals surface area contributed by atoms with Gasteiger partial charge >= 0.3 is 0 Å². The average Bonchev–Trinajstić information content (AvgIpc) is 2.81. The second kappa shape index (κ2) is 9.05. The molecule has 150 valence electrons. The number of aromatic nitrogens is 3. The van der Waals surface area contributed by atoms with E-state index >= 15 is 0 Å². The molecule has 0 fully saturated rings. The van der Waals surface area contributed by atoms with Gasteiger partial charge in [0, 0.05) is 11.9 Å². The van der Waals surface area contributed by atoms with E-state index in [0.29, 0.717) is 23.9 Å². The summed E-state index contributed by atoms with van der Waals surface area (Å²) in [5.74, 6) is 1.96. The van der Waals surface area contributed by atoms with E-state index in [1.54, 1.807) is 6.20 Å². The van der Waals surface area contributed by atoms with Crippen molar-refractivity contribution in [3.8, 4) is 0 Å². The molecular weight excluding hydrogens is 372 g/mol. The molecule has 0 bridgehead atoms. The standard InChI is InChI=1S/C24H24N6/c1-2-19-12-6-7-13-20(19)29-23-22(25)24(28-17-27-23)30(21-14-8-9-15-26-21)16-18-10-4-3-5-11-18/h3-15,17H,2,16,25H2,1H3,(H,27,28,29). The van der Waals surface area contributed by atoms with Gasteiger partial charge in [0.15, 0.2) is 11.6 Å². The van der Waals surface area contributed by atoms with Crippen LogP contribution in [0.1, 0.15) is 18.1 Å². The van der Waals surface area contributed by atoms with Crippen LogP contribution in [0, 0.1) is 0 Å². The van der Waals surface area contributed by atoms with Crippen molar-refractivity contribution in [2.75, 3.05) is 16.0 Å². The number of hydrogen-bond donors (Lipinski definition) is 2. The SMILES string of the molecule is CCc1ccccc1Nc1ncnc(N(Cc2ccccc2)c2ccccn2)c1N. The fourth-order valence-corrected chi connectivity index (χ4v) is 3.32. The molecule has 0 saturated heterocycles. The van der Waals surface area contributed by atoms with Crippen molar-refractivity contribution in [1.82, 2.24) is 15.0 Å². The summed E-state index contributed by atoms with van der Waals surface area (Å²) in [5, 5.41) is 3.38. The number of nitrogens with zero attached hydrogens (tertiary/aromatic N) is 4. The van der Waals surface area contributed by atoms with Gasteiger partial charge in [0.25, 0.3) is 0 Å². The topological polar surface area (TPSA) is 80.0 Å². The van der Waals surface area contributed by atoms with Crippen LogP contribution in [0.3, 0.4) is 0 Å². The van der Waals surface area contributed by atoms with E-state index in [2.05, 4.69) is 45.4 Å². The van der Waals surface area contributed by atoms with Gasteiger partial charge in [-0.2, -0.15) is 0 Å². The number of nitrogens with two attached hydrogens (primary N) is 1. The maximum absolute atomic E-state index is 6.56. The quantitative estimate of drug-likeness (QED) is 0.452. The molecule has 0 aliphatic carbocycles. The Bertz CT molecular complexity index is 1100. The van der Waals surface area contributed by atoms with Crippen LogP contribution in [0.15, 0.2) is 85.3 Å². The van der Waals surface area contributed by atoms with Crippen LogP contribution in [0.25, 0.3) is 0 Å². The monoisotopic (exact) mass is 396 g/mol. The Morgan fingerprint density at radius 1 is 0.867 bits per heavy atom. The number of aryl methyl sites for hydroxylation is 1. The summed E-state index contributed by atoms with van der Waals surface area (Å²) >= 11 is 0. The van der Waals surface area contributed by atoms with Crippen molar-refractivity contribution in [1.29, 1.82) is 0 Å². The molecule has 6 heteroatoms. The number of pyridine rings is 1. The second-order valence-corrected chi connectivity index (χ2v) is 6.85. The van der Waals surface area contributed by atoms with Gasteiger partial charge in [-0.3, -0.25) is 0 Å². The van der Waals surface area contributed by atoms with Gasteiger partial charge in [-0.15, -0.1) is 0 Å². The zero-order chi connectivity index (χ0) is 20.8. The van der Waals surface area contributed by atoms with E-state index in [-0.39, 0.29) is 0 Å². The molecule has 0 saturated carbocycles. The average molecular weight is 396 g/mol. The van der Waals surface area contributed by atoms with Gasteiger partial charge in [-0.05, 0) is 35.7 Å². The number of nitrogen functional groups attached to an aromatic ring is 1. The van der Waals surface area contributed by atoms with Crippen LogP contribution in [0.4, 0.5) is 28.8 Å². The first-order valence-electron chi connectivity index (χ1n) is 9.94. The van der Waals surface area contributed by atoms with Gasteiger partial charge in [0.05, 0.1) is 6.54 Å². The Kier molecular flexibility index (Phi) is 5.85. The van der Waals surface area contributed by atoms with Crippen LogP contribution < -0.4 is 16.0 Å². The first-order valence-corrected chi connectivity index (χ1v) is 9.94. The molecule has 0 radical (unpaired) electrons. The van der Waals surface area contributed by atoms with E-state index in [9.17, 15) is 0 Å². The number of benzene rings is 2. The highest BCUT2D eigenvalue weighted by molar-refractivity contribution is 5.81. The molecule has 3 N–H and O–H groups in total. The molecule has 0 atom stereocenters. The zero-order valence-corrected chi connectivity index (χ0v) is 16.9. The lowest BCUT2D eigenvalue weighted by Crippen LogP contribution is -2.21. The highest BCUT2D eigenvalue weighted by Crippen LogP contribution is 2.34. The zero-order valence-electron chi connectivity index (χ0n) is 16.9. The van der Waals surface area contributed by atoms with Crippen LogP contribution >= 0.6 is 0 Å². The normalized spacial score (nSPS) is 10.6. The van der Waals surface area contributed by atoms with Crippen molar-refractivity contribution in [2.24, 2.45) is 0 Å². The lowest BCUT2D eigenvalue weighted by molar-refractivity contribution is 0.918. The smallest absolute Gasteiger partial charge is 0.163 e. The highest BCUT2D eigenvalue weighted by Gasteiger charge is 2.19. The van der Waals surface area contributed by atoms with Gasteiger partial charge < -0.3 is 16.0 Å². The molecule has 4 aromatic rings. The molecule has 0 aliphatic heterocycles. The van der Waals surface area contributed by atoms with E-state index in [4.69, 9.17) is 5.73 Å². The maximum atomic E-state index is 6.56. The fourth-order valence-electron chi connectivity index (χ4n) is 3.32. The Morgan fingerprint density at radius 2 is 1.63 bits per heavy atom. The van der Waals surface area contributed by atoms with Crippen LogP contribution in [-0.4, -0.2) is 15.0 Å². The first kappa shape index (κ1) is 19.4. The minimum atomic E-state index is 0.477. The Balaban J connectivity index is 1.73. The first-order chi connectivity index (χ1) is 14.8. The van der Waals surface area contributed by atoms with Crippen LogP contribution in [0.2, 0.25) is 0 Å². The molecule has 0 amide bonds. The Hall–Kier alpha value is -3.93. The summed E-state index contributed by atoms with van der Waals surface area (Å²) < 4.78 is 0. The number of anilines is 5. The van der Waals surface area contributed by atoms with Crippen molar-refractivity contribution < 1.29 is 0 Å². The summed E-state index contributed by atoms with van der Waals surface area (Å²) in [4.78, 5) is 15.4. The second-order valence-electron chi connectivity index (χ2n) is 6.85. The predicted octanol–water partition coefficient (Wildman–Crippen LogP) is 5.10. The Morgan fingerprint density at radius 3 is 2.40 bits per heavy atom.